The summed E-state index contributed by atoms with van der Waals surface area (Å²) in [5.74, 6) is 0. The summed E-state index contributed by atoms with van der Waals surface area (Å²) in [6, 6.07) is 6.71. The summed E-state index contributed by atoms with van der Waals surface area (Å²) >= 11 is 0. The molecule has 0 spiro atoms. The van der Waals surface area contributed by atoms with Gasteiger partial charge in [0, 0.05) is 0 Å². The van der Waals surface area contributed by atoms with E-state index in [4.69, 9.17) is 0 Å². The van der Waals surface area contributed by atoms with Gasteiger partial charge in [-0.05, 0) is 30.5 Å². The number of aryl methyl sites for hydroxylation is 1. The number of hydrogen-bond acceptors (Lipinski definition) is 2. The first-order valence-corrected chi connectivity index (χ1v) is 28.0. The average molecular weight is 831 g/mol. The molecule has 0 fully saturated rings. The van der Waals surface area contributed by atoms with E-state index in [2.05, 4.69) is 6.92 Å². The Hall–Kier alpha value is -0.870. The van der Waals surface area contributed by atoms with Crippen LogP contribution in [0.1, 0.15) is 308 Å². The third kappa shape index (κ3) is 40.5. The maximum absolute atomic E-state index is 11.3. The molecule has 0 radical (unpaired) electrons. The van der Waals surface area contributed by atoms with Gasteiger partial charge < -0.3 is 0 Å². The Balaban J connectivity index is 1.64. The molecule has 4 heteroatoms. The van der Waals surface area contributed by atoms with Crippen LogP contribution in [0.2, 0.25) is 0 Å². The van der Waals surface area contributed by atoms with Crippen LogP contribution in [-0.4, -0.2) is 13.0 Å². The maximum atomic E-state index is 11.3. The van der Waals surface area contributed by atoms with Gasteiger partial charge in [0.2, 0.25) is 0 Å². The van der Waals surface area contributed by atoms with Crippen molar-refractivity contribution in [2.75, 3.05) is 0 Å². The minimum absolute atomic E-state index is 0.00684. The summed E-state index contributed by atoms with van der Waals surface area (Å²) in [4.78, 5) is 0.00684. The van der Waals surface area contributed by atoms with Gasteiger partial charge in [0.25, 0.3) is 10.1 Å². The molecule has 342 valence electrons. The van der Waals surface area contributed by atoms with Gasteiger partial charge in [-0.1, -0.05) is 308 Å². The molecule has 0 aromatic heterocycles. The summed E-state index contributed by atoms with van der Waals surface area (Å²) in [6.07, 6.45) is 67.0. The molecule has 3 nitrogen and oxygen atoms in total. The normalized spacial score (nSPS) is 11.9. The van der Waals surface area contributed by atoms with E-state index in [0.29, 0.717) is 0 Å². The molecule has 1 aromatic rings. The smallest absolute Gasteiger partial charge is 0.282 e. The van der Waals surface area contributed by atoms with E-state index < -0.39 is 10.1 Å². The van der Waals surface area contributed by atoms with Crippen molar-refractivity contribution in [3.63, 3.8) is 0 Å². The molecule has 0 aliphatic carbocycles. The Kier molecular flexibility index (Phi) is 42.0. The Bertz CT molecular complexity index is 1050. The fraction of sp³-hybridized carbons (Fsp3) is 0.889. The van der Waals surface area contributed by atoms with Crippen LogP contribution in [0.25, 0.3) is 0 Å². The molecule has 1 N–H and O–H groups in total. The van der Waals surface area contributed by atoms with Crippen LogP contribution in [0.15, 0.2) is 29.2 Å². The van der Waals surface area contributed by atoms with Gasteiger partial charge in [-0.2, -0.15) is 8.42 Å². The second kappa shape index (κ2) is 44.2. The Morgan fingerprint density at radius 3 is 0.741 bits per heavy atom. The van der Waals surface area contributed by atoms with Crippen LogP contribution in [0.3, 0.4) is 0 Å². The number of rotatable bonds is 48. The average Bonchev–Trinajstić information content (AvgIpc) is 3.22. The van der Waals surface area contributed by atoms with Crippen molar-refractivity contribution < 1.29 is 13.0 Å². The monoisotopic (exact) mass is 831 g/mol. The SMILES string of the molecule is CCCCCCCCCCCCCCCCCCCCCCCCCCCCCCCCCCCCCCCCCCCCCCCCc1cccc(S(=O)(=O)O)c1. The van der Waals surface area contributed by atoms with E-state index in [0.717, 1.165) is 18.4 Å². The first kappa shape index (κ1) is 55.1. The highest BCUT2D eigenvalue weighted by atomic mass is 32.2. The summed E-state index contributed by atoms with van der Waals surface area (Å²) < 4.78 is 31.8. The van der Waals surface area contributed by atoms with Crippen LogP contribution in [0, 0.1) is 0 Å². The molecular weight excluding hydrogens is 729 g/mol. The lowest BCUT2D eigenvalue weighted by atomic mass is 10.0. The third-order valence-corrected chi connectivity index (χ3v) is 13.9. The lowest BCUT2D eigenvalue weighted by Crippen LogP contribution is -1.98. The Morgan fingerprint density at radius 1 is 0.328 bits per heavy atom. The fourth-order valence-corrected chi connectivity index (χ4v) is 9.59. The van der Waals surface area contributed by atoms with E-state index in [9.17, 15) is 13.0 Å². The molecule has 0 atom stereocenters. The van der Waals surface area contributed by atoms with Crippen LogP contribution in [0.4, 0.5) is 0 Å². The minimum atomic E-state index is -4.10. The fourth-order valence-electron chi connectivity index (χ4n) is 9.04. The summed E-state index contributed by atoms with van der Waals surface area (Å²) in [5, 5.41) is 0. The minimum Gasteiger partial charge on any atom is -0.282 e. The first-order valence-electron chi connectivity index (χ1n) is 26.6. The highest BCUT2D eigenvalue weighted by Gasteiger charge is 2.09. The molecule has 1 aromatic carbocycles. The topological polar surface area (TPSA) is 54.4 Å². The van der Waals surface area contributed by atoms with Gasteiger partial charge in [-0.15, -0.1) is 0 Å². The number of hydrogen-bond donors (Lipinski definition) is 1. The summed E-state index contributed by atoms with van der Waals surface area (Å²) in [7, 11) is -4.10. The Morgan fingerprint density at radius 2 is 0.534 bits per heavy atom. The number of unbranched alkanes of at least 4 members (excludes halogenated alkanes) is 45. The molecular formula is C54H102O3S. The van der Waals surface area contributed by atoms with E-state index in [-0.39, 0.29) is 4.90 Å². The van der Waals surface area contributed by atoms with Crippen LogP contribution >= 0.6 is 0 Å². The van der Waals surface area contributed by atoms with Crippen molar-refractivity contribution in [2.24, 2.45) is 0 Å². The molecule has 0 aliphatic heterocycles. The first-order chi connectivity index (χ1) is 28.5. The predicted molar refractivity (Wildman–Crippen MR) is 258 cm³/mol. The lowest BCUT2D eigenvalue weighted by molar-refractivity contribution is 0.483. The van der Waals surface area contributed by atoms with Gasteiger partial charge >= 0.3 is 0 Å². The highest BCUT2D eigenvalue weighted by Crippen LogP contribution is 2.19. The molecule has 0 unspecified atom stereocenters. The van der Waals surface area contributed by atoms with Gasteiger partial charge in [-0.25, -0.2) is 0 Å². The van der Waals surface area contributed by atoms with Crippen LogP contribution in [-0.2, 0) is 16.5 Å². The quantitative estimate of drug-likeness (QED) is 0.0526. The molecule has 0 amide bonds. The van der Waals surface area contributed by atoms with Crippen LogP contribution in [0.5, 0.6) is 0 Å². The second-order valence-corrected chi connectivity index (χ2v) is 20.2. The van der Waals surface area contributed by atoms with Crippen molar-refractivity contribution in [2.45, 2.75) is 314 Å². The predicted octanol–water partition coefficient (Wildman–Crippen LogP) is 19.4. The Labute approximate surface area is 365 Å². The van der Waals surface area contributed by atoms with Gasteiger partial charge in [0.1, 0.15) is 0 Å². The zero-order valence-corrected chi connectivity index (χ0v) is 40.0. The standard InChI is InChI=1S/C54H102O3S/c1-2-3-4-5-6-7-8-9-10-11-12-13-14-15-16-17-18-19-20-21-22-23-24-25-26-27-28-29-30-31-32-33-34-35-36-37-38-39-40-41-42-43-44-45-46-47-49-53-50-48-51-54(52-53)58(55,56)57/h48,50-52H,2-47,49H2,1H3,(H,55,56,57). The van der Waals surface area contributed by atoms with Crippen molar-refractivity contribution in [1.82, 2.24) is 0 Å². The summed E-state index contributed by atoms with van der Waals surface area (Å²) in [5.41, 5.74) is 0.993. The van der Waals surface area contributed by atoms with E-state index >= 15 is 0 Å². The van der Waals surface area contributed by atoms with Gasteiger partial charge in [-0.3, -0.25) is 4.55 Å². The van der Waals surface area contributed by atoms with Crippen molar-refractivity contribution in [3.8, 4) is 0 Å². The van der Waals surface area contributed by atoms with Crippen LogP contribution < -0.4 is 0 Å². The lowest BCUT2D eigenvalue weighted by Gasteiger charge is -2.05. The highest BCUT2D eigenvalue weighted by molar-refractivity contribution is 7.85. The molecule has 0 bridgehead atoms. The molecule has 0 saturated heterocycles. The summed E-state index contributed by atoms with van der Waals surface area (Å²) in [6.45, 7) is 2.31. The van der Waals surface area contributed by atoms with Crippen molar-refractivity contribution in [3.05, 3.63) is 29.8 Å². The zero-order valence-electron chi connectivity index (χ0n) is 39.2. The zero-order chi connectivity index (χ0) is 41.7. The number of benzene rings is 1. The van der Waals surface area contributed by atoms with Crippen molar-refractivity contribution in [1.29, 1.82) is 0 Å². The molecule has 0 saturated carbocycles. The maximum Gasteiger partial charge on any atom is 0.294 e. The third-order valence-electron chi connectivity index (χ3n) is 13.0. The van der Waals surface area contributed by atoms with E-state index in [1.807, 2.05) is 6.07 Å². The molecule has 1 rings (SSSR count). The second-order valence-electron chi connectivity index (χ2n) is 18.8. The molecule has 0 aliphatic rings. The van der Waals surface area contributed by atoms with E-state index in [1.165, 1.54) is 295 Å². The van der Waals surface area contributed by atoms with Gasteiger partial charge in [0.15, 0.2) is 0 Å². The molecule has 58 heavy (non-hydrogen) atoms. The van der Waals surface area contributed by atoms with Crippen molar-refractivity contribution >= 4 is 10.1 Å². The van der Waals surface area contributed by atoms with E-state index in [1.54, 1.807) is 12.1 Å². The van der Waals surface area contributed by atoms with Gasteiger partial charge in [0.05, 0.1) is 4.90 Å². The largest absolute Gasteiger partial charge is 0.294 e. The molecule has 0 heterocycles.